The van der Waals surface area contributed by atoms with Gasteiger partial charge >= 0.3 is 35.6 Å². The molecule has 4 aromatic rings. The molecule has 0 aliphatic heterocycles. The molecule has 2 heterocycles. The molecule has 7 nitrogen and oxygen atoms in total. The van der Waals surface area contributed by atoms with Gasteiger partial charge < -0.3 is 20.0 Å². The predicted octanol–water partition coefficient (Wildman–Crippen LogP) is 0.934. The normalized spacial score (nSPS) is 11.2. The largest absolute Gasteiger partial charge is 1.00 e. The van der Waals surface area contributed by atoms with Gasteiger partial charge in [0.1, 0.15) is 18.2 Å². The van der Waals surface area contributed by atoms with Crippen LogP contribution in [0.5, 0.6) is 6.01 Å². The quantitative estimate of drug-likeness (QED) is 0.395. The summed E-state index contributed by atoms with van der Waals surface area (Å²) in [7, 11) is 0. The molecule has 11 heteroatoms. The van der Waals surface area contributed by atoms with E-state index in [0.717, 1.165) is 0 Å². The monoisotopic (exact) mass is 478 g/mol. The molecule has 0 bridgehead atoms. The van der Waals surface area contributed by atoms with Crippen LogP contribution in [0.25, 0.3) is 21.3 Å². The maximum Gasteiger partial charge on any atom is 1.00 e. The van der Waals surface area contributed by atoms with E-state index in [4.69, 9.17) is 4.74 Å². The number of hydrogen-bond donors (Lipinski definition) is 1. The summed E-state index contributed by atoms with van der Waals surface area (Å²) >= 11 is 1.26. The van der Waals surface area contributed by atoms with Crippen molar-refractivity contribution >= 4 is 38.3 Å². The number of anilines is 2. The van der Waals surface area contributed by atoms with E-state index in [9.17, 15) is 18.7 Å². The van der Waals surface area contributed by atoms with Gasteiger partial charge in [-0.3, -0.25) is 0 Å². The average molecular weight is 478 g/mol. The number of hydrogen-bond acceptors (Lipinski definition) is 8. The van der Waals surface area contributed by atoms with Gasteiger partial charge in [-0.25, -0.2) is 23.7 Å². The summed E-state index contributed by atoms with van der Waals surface area (Å²) in [6, 6.07) is 8.87. The van der Waals surface area contributed by atoms with Crippen LogP contribution >= 0.6 is 11.3 Å². The Labute approximate surface area is 214 Å². The molecule has 2 aromatic carbocycles. The Hall–Kier alpha value is -2.66. The van der Waals surface area contributed by atoms with Crippen molar-refractivity contribution in [2.24, 2.45) is 5.41 Å². The van der Waals surface area contributed by atoms with E-state index in [1.807, 2.05) is 0 Å². The topological polar surface area (TPSA) is 100 Å². The molecule has 164 valence electrons. The number of aliphatic carboxylic acids is 1. The first-order chi connectivity index (χ1) is 15.2. The van der Waals surface area contributed by atoms with Crippen molar-refractivity contribution in [3.05, 3.63) is 60.4 Å². The first-order valence-corrected chi connectivity index (χ1v) is 10.3. The van der Waals surface area contributed by atoms with Crippen LogP contribution in [0.2, 0.25) is 0 Å². The van der Waals surface area contributed by atoms with E-state index in [-0.39, 0.29) is 53.6 Å². The number of aromatic nitrogens is 3. The molecule has 0 unspecified atom stereocenters. The molecule has 4 rings (SSSR count). The molecule has 0 aliphatic rings. The number of ether oxygens (including phenoxy) is 1. The van der Waals surface area contributed by atoms with Crippen LogP contribution < -0.4 is 44.7 Å². The Morgan fingerprint density at radius 2 is 1.88 bits per heavy atom. The fraction of sp³-hybridized carbons (Fsp3) is 0.182. The Morgan fingerprint density at radius 1 is 1.15 bits per heavy atom. The van der Waals surface area contributed by atoms with E-state index in [1.165, 1.54) is 55.8 Å². The minimum Gasteiger partial charge on any atom is -0.549 e. The van der Waals surface area contributed by atoms with E-state index in [1.54, 1.807) is 18.2 Å². The van der Waals surface area contributed by atoms with Crippen LogP contribution in [0.4, 0.5) is 19.6 Å². The molecule has 0 aliphatic carbocycles. The zero-order chi connectivity index (χ0) is 22.9. The Morgan fingerprint density at radius 3 is 2.55 bits per heavy atom. The SMILES string of the molecule is CC(C)(COc1ncc(-c2ccc(Nc3nc4ccc(F)cc4s3)cc2F)cn1)C(=O)[O-].[Na+]. The fourth-order valence-electron chi connectivity index (χ4n) is 2.74. The number of thiazole rings is 1. The van der Waals surface area contributed by atoms with Gasteiger partial charge in [-0.15, -0.1) is 0 Å². The molecule has 2 aromatic heterocycles. The molecule has 0 fully saturated rings. The minimum atomic E-state index is -1.25. The zero-order valence-corrected chi connectivity index (χ0v) is 20.9. The number of nitrogens with zero attached hydrogens (tertiary/aromatic N) is 3. The predicted molar refractivity (Wildman–Crippen MR) is 115 cm³/mol. The van der Waals surface area contributed by atoms with Crippen LogP contribution in [-0.4, -0.2) is 27.5 Å². The minimum absolute atomic E-state index is 0. The molecule has 0 spiro atoms. The second kappa shape index (κ2) is 10.1. The van der Waals surface area contributed by atoms with Crippen LogP contribution in [0.3, 0.4) is 0 Å². The number of rotatable bonds is 7. The number of carbonyl (C=O) groups excluding carboxylic acids is 1. The van der Waals surface area contributed by atoms with Gasteiger partial charge in [-0.2, -0.15) is 0 Å². The number of carboxylic acid groups (broad SMARTS) is 1. The van der Waals surface area contributed by atoms with Gasteiger partial charge in [-0.1, -0.05) is 25.2 Å². The van der Waals surface area contributed by atoms with Crippen molar-refractivity contribution in [3.8, 4) is 17.1 Å². The summed E-state index contributed by atoms with van der Waals surface area (Å²) in [5.74, 6) is -2.09. The number of carbonyl (C=O) groups is 1. The van der Waals surface area contributed by atoms with Crippen molar-refractivity contribution in [2.45, 2.75) is 13.8 Å². The molecule has 1 N–H and O–H groups in total. The molecular formula is C22H17F2N4NaO3S. The molecule has 0 radical (unpaired) electrons. The van der Waals surface area contributed by atoms with E-state index >= 15 is 0 Å². The number of nitrogens with one attached hydrogen (secondary N) is 1. The standard InChI is InChI=1S/C22H18F2N4O3S.Na/c1-22(2,19(29)30)11-31-20-25-9-12(10-26-20)15-5-4-14(8-16(15)24)27-21-28-17-6-3-13(23)7-18(17)32-21;/h3-10H,11H2,1-2H3,(H,27,28)(H,29,30);/q;+1/p-1. The third-order valence-corrected chi connectivity index (χ3v) is 5.56. The van der Waals surface area contributed by atoms with Crippen molar-refractivity contribution in [3.63, 3.8) is 0 Å². The van der Waals surface area contributed by atoms with E-state index < -0.39 is 17.2 Å². The summed E-state index contributed by atoms with van der Waals surface area (Å²) in [6.45, 7) is 2.77. The third kappa shape index (κ3) is 5.83. The summed E-state index contributed by atoms with van der Waals surface area (Å²) in [5, 5.41) is 14.6. The molecule has 0 saturated carbocycles. The van der Waals surface area contributed by atoms with Crippen molar-refractivity contribution < 1.29 is 53.0 Å². The molecule has 0 atom stereocenters. The Bertz CT molecular complexity index is 1300. The van der Waals surface area contributed by atoms with Crippen LogP contribution in [-0.2, 0) is 4.79 Å². The first-order valence-electron chi connectivity index (χ1n) is 9.51. The van der Waals surface area contributed by atoms with Gasteiger partial charge in [0.25, 0.3) is 0 Å². The van der Waals surface area contributed by atoms with Gasteiger partial charge in [-0.05, 0) is 36.4 Å². The maximum atomic E-state index is 14.7. The summed E-state index contributed by atoms with van der Waals surface area (Å²) < 4.78 is 34.1. The van der Waals surface area contributed by atoms with Gasteiger partial charge in [0.15, 0.2) is 5.13 Å². The van der Waals surface area contributed by atoms with Crippen molar-refractivity contribution in [1.82, 2.24) is 15.0 Å². The zero-order valence-electron chi connectivity index (χ0n) is 18.1. The van der Waals surface area contributed by atoms with E-state index in [2.05, 4.69) is 20.3 Å². The number of carboxylic acids is 1. The fourth-order valence-corrected chi connectivity index (χ4v) is 3.65. The van der Waals surface area contributed by atoms with Gasteiger partial charge in [0.2, 0.25) is 0 Å². The van der Waals surface area contributed by atoms with Crippen LogP contribution in [0.15, 0.2) is 48.8 Å². The number of halogens is 2. The maximum absolute atomic E-state index is 14.7. The van der Waals surface area contributed by atoms with Gasteiger partial charge in [0.05, 0.1) is 16.2 Å². The number of benzene rings is 2. The molecular weight excluding hydrogens is 461 g/mol. The Kier molecular flexibility index (Phi) is 7.63. The molecule has 33 heavy (non-hydrogen) atoms. The summed E-state index contributed by atoms with van der Waals surface area (Å²) in [4.78, 5) is 23.4. The second-order valence-corrected chi connectivity index (χ2v) is 8.70. The van der Waals surface area contributed by atoms with Crippen LogP contribution in [0, 0.1) is 17.0 Å². The van der Waals surface area contributed by atoms with Gasteiger partial charge in [0, 0.05) is 34.6 Å². The smallest absolute Gasteiger partial charge is 0.549 e. The van der Waals surface area contributed by atoms with Crippen molar-refractivity contribution in [2.75, 3.05) is 11.9 Å². The third-order valence-electron chi connectivity index (χ3n) is 4.62. The molecule has 0 saturated heterocycles. The first kappa shape index (κ1) is 25.0. The second-order valence-electron chi connectivity index (χ2n) is 7.67. The van der Waals surface area contributed by atoms with E-state index in [0.29, 0.717) is 26.6 Å². The number of fused-ring (bicyclic) bond motifs is 1. The molecule has 0 amide bonds. The van der Waals surface area contributed by atoms with Crippen molar-refractivity contribution in [1.29, 1.82) is 0 Å². The average Bonchev–Trinajstić information content (AvgIpc) is 3.14. The summed E-state index contributed by atoms with van der Waals surface area (Å²) in [6.07, 6.45) is 2.78. The summed E-state index contributed by atoms with van der Waals surface area (Å²) in [5.41, 5.74) is 0.642. The van der Waals surface area contributed by atoms with Crippen LogP contribution in [0.1, 0.15) is 13.8 Å². The Balaban J connectivity index is 0.00000306.